The van der Waals surface area contributed by atoms with Crippen molar-refractivity contribution in [2.75, 3.05) is 0 Å². The van der Waals surface area contributed by atoms with Gasteiger partial charge in [-0.2, -0.15) is 5.10 Å². The molecule has 1 aromatic rings. The van der Waals surface area contributed by atoms with Crippen LogP contribution in [0.5, 0.6) is 0 Å². The average molecular weight is 204 g/mol. The van der Waals surface area contributed by atoms with Crippen LogP contribution in [0.15, 0.2) is 47.7 Å². The zero-order chi connectivity index (χ0) is 11.3. The number of hydrogen-bond acceptors (Lipinski definition) is 3. The maximum absolute atomic E-state index is 10.7. The predicted octanol–water partition coefficient (Wildman–Crippen LogP) is 1.70. The van der Waals surface area contributed by atoms with Crippen molar-refractivity contribution in [3.8, 4) is 0 Å². The monoisotopic (exact) mass is 204 g/mol. The highest BCUT2D eigenvalue weighted by atomic mass is 16.4. The number of carboxylic acid groups (broad SMARTS) is 1. The third-order valence-electron chi connectivity index (χ3n) is 1.90. The van der Waals surface area contributed by atoms with Gasteiger partial charge in [-0.3, -0.25) is 5.01 Å². The number of hydrazone groups is 1. The molecule has 0 aliphatic heterocycles. The number of aliphatic carboxylic acids is 1. The fourth-order valence-corrected chi connectivity index (χ4v) is 1.10. The second-order valence-electron chi connectivity index (χ2n) is 2.94. The second-order valence-corrected chi connectivity index (χ2v) is 2.94. The summed E-state index contributed by atoms with van der Waals surface area (Å²) in [5, 5.41) is 13.6. The van der Waals surface area contributed by atoms with Crippen LogP contribution < -0.4 is 0 Å². The molecule has 4 heteroatoms. The molecule has 0 atom stereocenters. The number of hydrogen-bond donors (Lipinski definition) is 1. The first kappa shape index (κ1) is 11.0. The van der Waals surface area contributed by atoms with E-state index in [9.17, 15) is 4.79 Å². The Kier molecular flexibility index (Phi) is 3.62. The van der Waals surface area contributed by atoms with Gasteiger partial charge in [-0.25, -0.2) is 4.79 Å². The van der Waals surface area contributed by atoms with Crippen LogP contribution in [0.1, 0.15) is 5.56 Å². The molecule has 0 saturated heterocycles. The molecule has 0 aromatic heterocycles. The van der Waals surface area contributed by atoms with Crippen molar-refractivity contribution in [2.45, 2.75) is 6.54 Å². The quantitative estimate of drug-likeness (QED) is 0.451. The maximum atomic E-state index is 10.7. The van der Waals surface area contributed by atoms with Gasteiger partial charge in [-0.15, -0.1) is 0 Å². The van der Waals surface area contributed by atoms with Crippen molar-refractivity contribution in [3.63, 3.8) is 0 Å². The van der Waals surface area contributed by atoms with Crippen LogP contribution in [-0.2, 0) is 11.3 Å². The first-order chi connectivity index (χ1) is 7.15. The van der Waals surface area contributed by atoms with Gasteiger partial charge >= 0.3 is 5.97 Å². The van der Waals surface area contributed by atoms with Crippen LogP contribution in [0, 0.1) is 0 Å². The summed E-state index contributed by atoms with van der Waals surface area (Å²) in [6, 6.07) is 9.40. The molecule has 0 spiro atoms. The van der Waals surface area contributed by atoms with Crippen molar-refractivity contribution >= 4 is 12.7 Å². The van der Waals surface area contributed by atoms with Crippen LogP contribution in [0.4, 0.5) is 0 Å². The van der Waals surface area contributed by atoms with Gasteiger partial charge in [0.25, 0.3) is 0 Å². The van der Waals surface area contributed by atoms with Crippen molar-refractivity contribution in [3.05, 3.63) is 48.2 Å². The third-order valence-corrected chi connectivity index (χ3v) is 1.90. The fourth-order valence-electron chi connectivity index (χ4n) is 1.10. The van der Waals surface area contributed by atoms with Crippen molar-refractivity contribution in [2.24, 2.45) is 5.10 Å². The van der Waals surface area contributed by atoms with Crippen LogP contribution >= 0.6 is 0 Å². The average Bonchev–Trinajstić information content (AvgIpc) is 2.26. The molecule has 0 heterocycles. The van der Waals surface area contributed by atoms with Crippen LogP contribution in [0.25, 0.3) is 0 Å². The third kappa shape index (κ3) is 2.95. The molecule has 0 fully saturated rings. The van der Waals surface area contributed by atoms with Gasteiger partial charge in [0, 0.05) is 6.72 Å². The predicted molar refractivity (Wildman–Crippen MR) is 58.3 cm³/mol. The summed E-state index contributed by atoms with van der Waals surface area (Å²) < 4.78 is 0. The van der Waals surface area contributed by atoms with E-state index in [4.69, 9.17) is 5.11 Å². The highest BCUT2D eigenvalue weighted by Gasteiger charge is 2.12. The first-order valence-corrected chi connectivity index (χ1v) is 4.35. The summed E-state index contributed by atoms with van der Waals surface area (Å²) >= 11 is 0. The zero-order valence-corrected chi connectivity index (χ0v) is 8.26. The SMILES string of the molecule is C=NN(Cc1ccccc1)C(=C)C(=O)O. The summed E-state index contributed by atoms with van der Waals surface area (Å²) in [5.74, 6) is -1.10. The largest absolute Gasteiger partial charge is 0.477 e. The van der Waals surface area contributed by atoms with E-state index in [1.165, 1.54) is 5.01 Å². The number of benzene rings is 1. The van der Waals surface area contributed by atoms with Crippen LogP contribution in [0.3, 0.4) is 0 Å². The lowest BCUT2D eigenvalue weighted by atomic mass is 10.2. The Hall–Kier alpha value is -2.10. The minimum absolute atomic E-state index is 0.0890. The van der Waals surface area contributed by atoms with Gasteiger partial charge < -0.3 is 5.11 Å². The molecule has 78 valence electrons. The molecule has 1 N–H and O–H groups in total. The lowest BCUT2D eigenvalue weighted by molar-refractivity contribution is -0.134. The maximum Gasteiger partial charge on any atom is 0.353 e. The molecule has 0 amide bonds. The van der Waals surface area contributed by atoms with Gasteiger partial charge in [0.15, 0.2) is 0 Å². The number of carboxylic acids is 1. The summed E-state index contributed by atoms with van der Waals surface area (Å²) in [4.78, 5) is 10.7. The Bertz CT molecular complexity index is 373. The molecule has 15 heavy (non-hydrogen) atoms. The fraction of sp³-hybridized carbons (Fsp3) is 0.0909. The van der Waals surface area contributed by atoms with E-state index in [1.807, 2.05) is 30.3 Å². The molecular weight excluding hydrogens is 192 g/mol. The topological polar surface area (TPSA) is 52.9 Å². The molecule has 0 aliphatic rings. The Morgan fingerprint density at radius 3 is 2.47 bits per heavy atom. The summed E-state index contributed by atoms with van der Waals surface area (Å²) in [7, 11) is 0. The number of nitrogens with zero attached hydrogens (tertiary/aromatic N) is 2. The van der Waals surface area contributed by atoms with Crippen LogP contribution in [-0.4, -0.2) is 22.8 Å². The lowest BCUT2D eigenvalue weighted by Crippen LogP contribution is -2.20. The van der Waals surface area contributed by atoms with E-state index >= 15 is 0 Å². The summed E-state index contributed by atoms with van der Waals surface area (Å²) in [6.45, 7) is 7.08. The highest BCUT2D eigenvalue weighted by Crippen LogP contribution is 2.09. The van der Waals surface area contributed by atoms with E-state index in [0.29, 0.717) is 6.54 Å². The van der Waals surface area contributed by atoms with Crippen molar-refractivity contribution in [1.29, 1.82) is 0 Å². The standard InChI is InChI=1S/C11H12N2O2/c1-9(11(14)15)13(12-2)8-10-6-4-3-5-7-10/h3-7H,1-2,8H2,(H,14,15). The van der Waals surface area contributed by atoms with Gasteiger partial charge in [-0.05, 0) is 5.56 Å². The van der Waals surface area contributed by atoms with Crippen molar-refractivity contribution < 1.29 is 9.90 Å². The zero-order valence-electron chi connectivity index (χ0n) is 8.26. The normalized spacial score (nSPS) is 9.33. The Labute approximate surface area is 88.1 Å². The molecule has 0 saturated carbocycles. The van der Waals surface area contributed by atoms with Gasteiger partial charge in [0.05, 0.1) is 6.54 Å². The van der Waals surface area contributed by atoms with Crippen molar-refractivity contribution in [1.82, 2.24) is 5.01 Å². The lowest BCUT2D eigenvalue weighted by Gasteiger charge is -2.17. The summed E-state index contributed by atoms with van der Waals surface area (Å²) in [5.41, 5.74) is 0.862. The second kappa shape index (κ2) is 4.95. The van der Waals surface area contributed by atoms with E-state index in [1.54, 1.807) is 0 Å². The number of rotatable bonds is 5. The van der Waals surface area contributed by atoms with Gasteiger partial charge in [-0.1, -0.05) is 36.9 Å². The van der Waals surface area contributed by atoms with E-state index in [0.717, 1.165) is 5.56 Å². The molecule has 0 aliphatic carbocycles. The van der Waals surface area contributed by atoms with E-state index < -0.39 is 5.97 Å². The minimum Gasteiger partial charge on any atom is -0.477 e. The molecule has 0 unspecified atom stereocenters. The molecule has 4 nitrogen and oxygen atoms in total. The minimum atomic E-state index is -1.10. The van der Waals surface area contributed by atoms with E-state index in [2.05, 4.69) is 18.4 Å². The molecule has 1 rings (SSSR count). The summed E-state index contributed by atoms with van der Waals surface area (Å²) in [6.07, 6.45) is 0. The molecule has 0 radical (unpaired) electrons. The molecule has 0 bridgehead atoms. The first-order valence-electron chi connectivity index (χ1n) is 4.35. The van der Waals surface area contributed by atoms with Crippen LogP contribution in [0.2, 0.25) is 0 Å². The Morgan fingerprint density at radius 1 is 1.40 bits per heavy atom. The smallest absolute Gasteiger partial charge is 0.353 e. The van der Waals surface area contributed by atoms with Gasteiger partial charge in [0.2, 0.25) is 0 Å². The number of carbonyl (C=O) groups is 1. The Morgan fingerprint density at radius 2 is 2.00 bits per heavy atom. The molecule has 1 aromatic carbocycles. The highest BCUT2D eigenvalue weighted by molar-refractivity contribution is 5.85. The van der Waals surface area contributed by atoms with E-state index in [-0.39, 0.29) is 5.70 Å². The van der Waals surface area contributed by atoms with Gasteiger partial charge in [0.1, 0.15) is 5.70 Å². The Balaban J connectivity index is 2.74. The molecular formula is C11H12N2O2.